The maximum atomic E-state index is 4.47. The number of piperidine rings is 1. The van der Waals surface area contributed by atoms with E-state index >= 15 is 0 Å². The molecule has 1 saturated carbocycles. The Bertz CT molecular complexity index is 772. The van der Waals surface area contributed by atoms with Crippen LogP contribution in [0.15, 0.2) is 65.7 Å². The normalized spacial score (nSPS) is 23.7. The molecule has 3 atom stereocenters. The second-order valence-corrected chi connectivity index (χ2v) is 8.12. The molecule has 4 nitrogen and oxygen atoms in total. The first-order valence-electron chi connectivity index (χ1n) is 10.6. The van der Waals surface area contributed by atoms with Crippen LogP contribution in [0.1, 0.15) is 49.3 Å². The van der Waals surface area contributed by atoms with Gasteiger partial charge in [-0.25, -0.2) is 0 Å². The number of benzene rings is 2. The van der Waals surface area contributed by atoms with Crippen LogP contribution in [0.5, 0.6) is 0 Å². The monoisotopic (exact) mass is 504 g/mol. The molecule has 0 spiro atoms. The van der Waals surface area contributed by atoms with E-state index in [9.17, 15) is 0 Å². The molecule has 2 fully saturated rings. The molecule has 2 N–H and O–H groups in total. The third-order valence-electron chi connectivity index (χ3n) is 6.26. The topological polar surface area (TPSA) is 39.7 Å². The summed E-state index contributed by atoms with van der Waals surface area (Å²) in [7, 11) is 1.88. The van der Waals surface area contributed by atoms with Crippen molar-refractivity contribution in [1.82, 2.24) is 15.5 Å². The van der Waals surface area contributed by atoms with Gasteiger partial charge in [0.1, 0.15) is 0 Å². The van der Waals surface area contributed by atoms with Crippen molar-refractivity contribution in [1.29, 1.82) is 0 Å². The van der Waals surface area contributed by atoms with Gasteiger partial charge in [-0.3, -0.25) is 9.89 Å². The molecule has 0 amide bonds. The Kier molecular flexibility index (Phi) is 7.95. The molecule has 1 aliphatic carbocycles. The van der Waals surface area contributed by atoms with E-state index in [1.807, 2.05) is 7.05 Å². The molecule has 2 aromatic carbocycles. The van der Waals surface area contributed by atoms with Crippen molar-refractivity contribution in [2.75, 3.05) is 20.1 Å². The molecule has 156 valence electrons. The van der Waals surface area contributed by atoms with Gasteiger partial charge in [0.15, 0.2) is 5.96 Å². The van der Waals surface area contributed by atoms with Crippen molar-refractivity contribution in [3.63, 3.8) is 0 Å². The summed E-state index contributed by atoms with van der Waals surface area (Å²) < 4.78 is 0. The maximum absolute atomic E-state index is 4.47. The van der Waals surface area contributed by atoms with Crippen molar-refractivity contribution >= 4 is 29.9 Å². The summed E-state index contributed by atoms with van der Waals surface area (Å²) in [5.41, 5.74) is 2.84. The summed E-state index contributed by atoms with van der Waals surface area (Å²) in [6.07, 6.45) is 3.51. The van der Waals surface area contributed by atoms with E-state index in [4.69, 9.17) is 0 Å². The number of guanidine groups is 1. The second-order valence-electron chi connectivity index (χ2n) is 8.12. The fourth-order valence-electron chi connectivity index (χ4n) is 4.34. The minimum atomic E-state index is 0. The van der Waals surface area contributed by atoms with Gasteiger partial charge >= 0.3 is 0 Å². The van der Waals surface area contributed by atoms with E-state index in [0.717, 1.165) is 31.9 Å². The highest BCUT2D eigenvalue weighted by molar-refractivity contribution is 14.0. The standard InChI is InChI=1S/C24H32N4.HI/c1-18(19-9-5-3-6-10-19)28-15-13-21(14-16-28)26-24(25-2)27-23-17-22(23)20-11-7-4-8-12-20;/h3-12,18,21-23H,13-17H2,1-2H3,(H2,25,26,27);1H. The zero-order chi connectivity index (χ0) is 19.3. The van der Waals surface area contributed by atoms with Crippen molar-refractivity contribution in [3.8, 4) is 0 Å². The van der Waals surface area contributed by atoms with Gasteiger partial charge in [-0.2, -0.15) is 0 Å². The number of likely N-dealkylation sites (tertiary alicyclic amines) is 1. The second kappa shape index (κ2) is 10.4. The summed E-state index contributed by atoms with van der Waals surface area (Å²) in [6, 6.07) is 23.1. The smallest absolute Gasteiger partial charge is 0.191 e. The maximum Gasteiger partial charge on any atom is 0.191 e. The van der Waals surface area contributed by atoms with E-state index < -0.39 is 0 Å². The highest BCUT2D eigenvalue weighted by Crippen LogP contribution is 2.40. The summed E-state index contributed by atoms with van der Waals surface area (Å²) in [6.45, 7) is 4.57. The van der Waals surface area contributed by atoms with Crippen LogP contribution in [-0.4, -0.2) is 43.1 Å². The van der Waals surface area contributed by atoms with E-state index in [2.05, 4.69) is 88.1 Å². The molecule has 1 saturated heterocycles. The fourth-order valence-corrected chi connectivity index (χ4v) is 4.34. The number of nitrogens with zero attached hydrogens (tertiary/aromatic N) is 2. The average molecular weight is 504 g/mol. The number of halogens is 1. The van der Waals surface area contributed by atoms with Crippen LogP contribution in [0.3, 0.4) is 0 Å². The molecule has 4 rings (SSSR count). The highest BCUT2D eigenvalue weighted by atomic mass is 127. The molecule has 0 bridgehead atoms. The minimum Gasteiger partial charge on any atom is -0.354 e. The lowest BCUT2D eigenvalue weighted by Crippen LogP contribution is -2.49. The van der Waals surface area contributed by atoms with Gasteiger partial charge in [0.2, 0.25) is 0 Å². The number of aliphatic imine (C=N–C) groups is 1. The molecule has 0 aromatic heterocycles. The van der Waals surface area contributed by atoms with Crippen molar-refractivity contribution in [2.45, 2.75) is 50.2 Å². The molecule has 5 heteroatoms. The SMILES string of the molecule is CN=C(NC1CCN(C(C)c2ccccc2)CC1)NC1CC1c1ccccc1.I. The van der Waals surface area contributed by atoms with Crippen molar-refractivity contribution in [2.24, 2.45) is 4.99 Å². The predicted octanol–water partition coefficient (Wildman–Crippen LogP) is 4.55. The van der Waals surface area contributed by atoms with E-state index in [0.29, 0.717) is 24.0 Å². The van der Waals surface area contributed by atoms with Gasteiger partial charge in [-0.1, -0.05) is 60.7 Å². The molecular formula is C24H33IN4. The molecule has 0 radical (unpaired) electrons. The van der Waals surface area contributed by atoms with Gasteiger partial charge in [-0.15, -0.1) is 24.0 Å². The molecule has 2 aliphatic rings. The molecule has 1 heterocycles. The Labute approximate surface area is 192 Å². The molecule has 29 heavy (non-hydrogen) atoms. The van der Waals surface area contributed by atoms with Crippen molar-refractivity contribution < 1.29 is 0 Å². The van der Waals surface area contributed by atoms with Gasteiger partial charge in [0.25, 0.3) is 0 Å². The predicted molar refractivity (Wildman–Crippen MR) is 132 cm³/mol. The van der Waals surface area contributed by atoms with Crippen LogP contribution < -0.4 is 10.6 Å². The third-order valence-corrected chi connectivity index (χ3v) is 6.26. The van der Waals surface area contributed by atoms with Gasteiger partial charge in [-0.05, 0) is 37.3 Å². The van der Waals surface area contributed by atoms with E-state index in [-0.39, 0.29) is 24.0 Å². The first-order valence-corrected chi connectivity index (χ1v) is 10.6. The van der Waals surface area contributed by atoms with Gasteiger partial charge in [0, 0.05) is 44.2 Å². The van der Waals surface area contributed by atoms with Crippen LogP contribution in [-0.2, 0) is 0 Å². The summed E-state index contributed by atoms with van der Waals surface area (Å²) in [5.74, 6) is 1.58. The third kappa shape index (κ3) is 5.72. The van der Waals surface area contributed by atoms with Crippen LogP contribution in [0.25, 0.3) is 0 Å². The summed E-state index contributed by atoms with van der Waals surface area (Å²) >= 11 is 0. The number of nitrogens with one attached hydrogen (secondary N) is 2. The molecular weight excluding hydrogens is 471 g/mol. The first kappa shape index (κ1) is 22.1. The Morgan fingerprint density at radius 2 is 1.59 bits per heavy atom. The fraction of sp³-hybridized carbons (Fsp3) is 0.458. The van der Waals surface area contributed by atoms with E-state index in [1.165, 1.54) is 17.5 Å². The average Bonchev–Trinajstić information content (AvgIpc) is 3.54. The molecule has 2 aromatic rings. The molecule has 1 aliphatic heterocycles. The van der Waals surface area contributed by atoms with E-state index in [1.54, 1.807) is 0 Å². The Hall–Kier alpha value is -1.60. The van der Waals surface area contributed by atoms with Crippen molar-refractivity contribution in [3.05, 3.63) is 71.8 Å². The quantitative estimate of drug-likeness (QED) is 0.357. The largest absolute Gasteiger partial charge is 0.354 e. The summed E-state index contributed by atoms with van der Waals surface area (Å²) in [5, 5.41) is 7.28. The van der Waals surface area contributed by atoms with Gasteiger partial charge in [0.05, 0.1) is 0 Å². The first-order chi connectivity index (χ1) is 13.7. The van der Waals surface area contributed by atoms with Gasteiger partial charge < -0.3 is 10.6 Å². The van der Waals surface area contributed by atoms with Crippen LogP contribution in [0, 0.1) is 0 Å². The van der Waals surface area contributed by atoms with Crippen LogP contribution >= 0.6 is 24.0 Å². The Morgan fingerprint density at radius 1 is 0.966 bits per heavy atom. The molecule has 3 unspecified atom stereocenters. The Balaban J connectivity index is 0.00000240. The zero-order valence-corrected chi connectivity index (χ0v) is 19.8. The number of rotatable bonds is 5. The lowest BCUT2D eigenvalue weighted by Gasteiger charge is -2.37. The zero-order valence-electron chi connectivity index (χ0n) is 17.4. The minimum absolute atomic E-state index is 0. The lowest BCUT2D eigenvalue weighted by atomic mass is 10.0. The van der Waals surface area contributed by atoms with Crippen LogP contribution in [0.4, 0.5) is 0 Å². The number of hydrogen-bond donors (Lipinski definition) is 2. The Morgan fingerprint density at radius 3 is 2.21 bits per heavy atom. The lowest BCUT2D eigenvalue weighted by molar-refractivity contribution is 0.158. The number of hydrogen-bond acceptors (Lipinski definition) is 2. The summed E-state index contributed by atoms with van der Waals surface area (Å²) in [4.78, 5) is 7.07. The highest BCUT2D eigenvalue weighted by Gasteiger charge is 2.39. The van der Waals surface area contributed by atoms with Crippen LogP contribution in [0.2, 0.25) is 0 Å².